The van der Waals surface area contributed by atoms with Gasteiger partial charge in [-0.05, 0) is 49.1 Å². The molecule has 0 radical (unpaired) electrons. The Morgan fingerprint density at radius 2 is 1.90 bits per heavy atom. The van der Waals surface area contributed by atoms with Crippen LogP contribution in [0.1, 0.15) is 23.2 Å². The minimum Gasteiger partial charge on any atom is -0.497 e. The molecule has 1 aromatic heterocycles. The van der Waals surface area contributed by atoms with Crippen LogP contribution in [0.15, 0.2) is 53.5 Å². The number of guanidine groups is 1. The molecule has 6 nitrogen and oxygen atoms in total. The highest BCUT2D eigenvalue weighted by Gasteiger charge is 2.12. The molecule has 0 bridgehead atoms. The minimum atomic E-state index is 0.156. The average molecular weight is 394 g/mol. The molecule has 0 unspecified atom stereocenters. The fraction of sp³-hybridized carbons (Fsp3) is 0.348. The summed E-state index contributed by atoms with van der Waals surface area (Å²) in [6.45, 7) is 5.60. The smallest absolute Gasteiger partial charge is 0.185 e. The topological polar surface area (TPSA) is 92.7 Å². The molecule has 5 N–H and O–H groups in total. The van der Waals surface area contributed by atoms with E-state index in [-0.39, 0.29) is 5.96 Å². The second-order valence-corrected chi connectivity index (χ2v) is 7.31. The highest BCUT2D eigenvalue weighted by Crippen LogP contribution is 2.27. The van der Waals surface area contributed by atoms with Gasteiger partial charge in [-0.25, -0.2) is 0 Å². The van der Waals surface area contributed by atoms with Crippen molar-refractivity contribution in [1.82, 2.24) is 9.88 Å². The van der Waals surface area contributed by atoms with Crippen molar-refractivity contribution in [3.05, 3.63) is 65.4 Å². The van der Waals surface area contributed by atoms with E-state index in [4.69, 9.17) is 16.2 Å². The molecule has 0 spiro atoms. The van der Waals surface area contributed by atoms with E-state index < -0.39 is 0 Å². The van der Waals surface area contributed by atoms with Crippen LogP contribution in [0, 0.1) is 6.92 Å². The van der Waals surface area contributed by atoms with Gasteiger partial charge < -0.3 is 21.2 Å². The monoisotopic (exact) mass is 393 g/mol. The highest BCUT2D eigenvalue weighted by atomic mass is 16.5. The van der Waals surface area contributed by atoms with Gasteiger partial charge >= 0.3 is 0 Å². The van der Waals surface area contributed by atoms with Crippen molar-refractivity contribution in [2.75, 3.05) is 26.7 Å². The van der Waals surface area contributed by atoms with Gasteiger partial charge in [0.25, 0.3) is 0 Å². The lowest BCUT2D eigenvalue weighted by molar-refractivity contribution is 0.267. The summed E-state index contributed by atoms with van der Waals surface area (Å²) in [6, 6.07) is 16.8. The van der Waals surface area contributed by atoms with Crippen molar-refractivity contribution >= 4 is 16.9 Å². The van der Waals surface area contributed by atoms with E-state index in [1.54, 1.807) is 7.11 Å². The molecule has 0 atom stereocenters. The van der Waals surface area contributed by atoms with E-state index >= 15 is 0 Å². The van der Waals surface area contributed by atoms with Gasteiger partial charge in [0.15, 0.2) is 5.96 Å². The molecule has 0 aliphatic rings. The number of rotatable bonds is 10. The Hall–Kier alpha value is -2.99. The van der Waals surface area contributed by atoms with Gasteiger partial charge in [0.1, 0.15) is 5.75 Å². The summed E-state index contributed by atoms with van der Waals surface area (Å²) in [5, 5.41) is 1.24. The van der Waals surface area contributed by atoms with Crippen LogP contribution in [0.25, 0.3) is 10.9 Å². The van der Waals surface area contributed by atoms with Crippen molar-refractivity contribution < 1.29 is 4.74 Å². The van der Waals surface area contributed by atoms with Crippen LogP contribution in [-0.2, 0) is 13.0 Å². The van der Waals surface area contributed by atoms with Crippen LogP contribution >= 0.6 is 0 Å². The van der Waals surface area contributed by atoms with Gasteiger partial charge in [-0.2, -0.15) is 0 Å². The van der Waals surface area contributed by atoms with Gasteiger partial charge in [0.2, 0.25) is 0 Å². The van der Waals surface area contributed by atoms with Crippen LogP contribution < -0.4 is 16.2 Å². The Balaban J connectivity index is 1.72. The second-order valence-electron chi connectivity index (χ2n) is 7.31. The second kappa shape index (κ2) is 9.98. The number of H-pyrrole nitrogens is 1. The number of methoxy groups -OCH3 is 1. The third-order valence-corrected chi connectivity index (χ3v) is 5.18. The van der Waals surface area contributed by atoms with E-state index in [2.05, 4.69) is 64.3 Å². The number of nitrogens with one attached hydrogen (secondary N) is 1. The lowest BCUT2D eigenvalue weighted by Gasteiger charge is -2.22. The zero-order valence-corrected chi connectivity index (χ0v) is 17.3. The first-order valence-electron chi connectivity index (χ1n) is 10.0. The molecule has 0 saturated carbocycles. The molecule has 0 fully saturated rings. The van der Waals surface area contributed by atoms with Gasteiger partial charge in [-0.15, -0.1) is 0 Å². The fourth-order valence-electron chi connectivity index (χ4n) is 3.69. The van der Waals surface area contributed by atoms with E-state index in [1.807, 2.05) is 6.07 Å². The quantitative estimate of drug-likeness (QED) is 0.280. The summed E-state index contributed by atoms with van der Waals surface area (Å²) in [4.78, 5) is 10.1. The highest BCUT2D eigenvalue weighted by molar-refractivity contribution is 5.86. The Kier molecular flexibility index (Phi) is 7.14. The molecule has 0 aliphatic carbocycles. The maximum Gasteiger partial charge on any atom is 0.185 e. The molecule has 1 heterocycles. The molecule has 3 rings (SSSR count). The SMILES string of the molecule is COc1ccc2[nH]c(C)c(CCN(CCCN=C(N)N)Cc3ccccc3)c2c1. The first-order valence-corrected chi connectivity index (χ1v) is 10.0. The Morgan fingerprint density at radius 3 is 2.62 bits per heavy atom. The average Bonchev–Trinajstić information content (AvgIpc) is 3.03. The Labute approximate surface area is 172 Å². The summed E-state index contributed by atoms with van der Waals surface area (Å²) in [7, 11) is 1.71. The van der Waals surface area contributed by atoms with Crippen LogP contribution in [-0.4, -0.2) is 42.6 Å². The lowest BCUT2D eigenvalue weighted by atomic mass is 10.1. The van der Waals surface area contributed by atoms with Gasteiger partial charge in [-0.3, -0.25) is 9.89 Å². The molecule has 6 heteroatoms. The summed E-state index contributed by atoms with van der Waals surface area (Å²) in [5.74, 6) is 1.04. The standard InChI is InChI=1S/C23H31N5O/c1-17-20(21-15-19(29-2)9-10-22(21)27-17)11-14-28(13-6-12-26-23(24)25)16-18-7-4-3-5-8-18/h3-5,7-10,15,27H,6,11-14,16H2,1-2H3,(H4,24,25,26). The molecule has 0 aliphatic heterocycles. The Bertz CT molecular complexity index is 945. The number of hydrogen-bond donors (Lipinski definition) is 3. The first-order chi connectivity index (χ1) is 14.1. The zero-order valence-electron chi connectivity index (χ0n) is 17.3. The third-order valence-electron chi connectivity index (χ3n) is 5.18. The summed E-state index contributed by atoms with van der Waals surface area (Å²) < 4.78 is 5.42. The molecule has 2 aromatic carbocycles. The number of benzene rings is 2. The fourth-order valence-corrected chi connectivity index (χ4v) is 3.69. The summed E-state index contributed by atoms with van der Waals surface area (Å²) in [5.41, 5.74) is 15.9. The summed E-state index contributed by atoms with van der Waals surface area (Å²) in [6.07, 6.45) is 1.89. The van der Waals surface area contributed by atoms with E-state index in [0.29, 0.717) is 6.54 Å². The zero-order chi connectivity index (χ0) is 20.6. The first kappa shape index (κ1) is 20.7. The number of fused-ring (bicyclic) bond motifs is 1. The molecule has 0 amide bonds. The molecule has 154 valence electrons. The number of aryl methyl sites for hydroxylation is 1. The number of nitrogens with zero attached hydrogens (tertiary/aromatic N) is 2. The van der Waals surface area contributed by atoms with Crippen molar-refractivity contribution in [2.45, 2.75) is 26.3 Å². The molecule has 3 aromatic rings. The number of aliphatic imine (C=N–C) groups is 1. The van der Waals surface area contributed by atoms with Crippen LogP contribution in [0.4, 0.5) is 0 Å². The Morgan fingerprint density at radius 1 is 1.10 bits per heavy atom. The number of aromatic amines is 1. The number of ether oxygens (including phenoxy) is 1. The predicted octanol–water partition coefficient (Wildman–Crippen LogP) is 3.19. The number of nitrogens with two attached hydrogens (primary N) is 2. The largest absolute Gasteiger partial charge is 0.497 e. The van der Waals surface area contributed by atoms with Crippen LogP contribution in [0.5, 0.6) is 5.75 Å². The van der Waals surface area contributed by atoms with Crippen LogP contribution in [0.2, 0.25) is 0 Å². The van der Waals surface area contributed by atoms with Crippen molar-refractivity contribution in [1.29, 1.82) is 0 Å². The lowest BCUT2D eigenvalue weighted by Crippen LogP contribution is -2.28. The normalized spacial score (nSPS) is 11.1. The van der Waals surface area contributed by atoms with E-state index in [9.17, 15) is 0 Å². The minimum absolute atomic E-state index is 0.156. The number of hydrogen-bond acceptors (Lipinski definition) is 3. The maximum absolute atomic E-state index is 5.45. The van der Waals surface area contributed by atoms with Gasteiger partial charge in [0.05, 0.1) is 7.11 Å². The maximum atomic E-state index is 5.45. The van der Waals surface area contributed by atoms with Gasteiger partial charge in [-0.1, -0.05) is 30.3 Å². The van der Waals surface area contributed by atoms with Crippen molar-refractivity contribution in [2.24, 2.45) is 16.5 Å². The van der Waals surface area contributed by atoms with E-state index in [1.165, 1.54) is 22.2 Å². The van der Waals surface area contributed by atoms with Gasteiger partial charge in [0, 0.05) is 42.8 Å². The van der Waals surface area contributed by atoms with Crippen molar-refractivity contribution in [3.8, 4) is 5.75 Å². The molecule has 0 saturated heterocycles. The molecule has 29 heavy (non-hydrogen) atoms. The van der Waals surface area contributed by atoms with Crippen LogP contribution in [0.3, 0.4) is 0 Å². The van der Waals surface area contributed by atoms with E-state index in [0.717, 1.165) is 43.7 Å². The van der Waals surface area contributed by atoms with Crippen molar-refractivity contribution in [3.63, 3.8) is 0 Å². The number of aromatic nitrogens is 1. The summed E-state index contributed by atoms with van der Waals surface area (Å²) >= 11 is 0. The third kappa shape index (κ3) is 5.74. The molecular formula is C23H31N5O. The predicted molar refractivity (Wildman–Crippen MR) is 120 cm³/mol. The molecular weight excluding hydrogens is 362 g/mol.